The Bertz CT molecular complexity index is 693. The van der Waals surface area contributed by atoms with Crippen LogP contribution in [0, 0.1) is 6.92 Å². The first-order valence-electron chi connectivity index (χ1n) is 5.04. The van der Waals surface area contributed by atoms with Crippen molar-refractivity contribution < 1.29 is 8.42 Å². The fourth-order valence-corrected chi connectivity index (χ4v) is 3.63. The standard InChI is InChI=1S/C10H8Br3N3O2S/c1-7-14-15-9(19(17,18)10(11,12)13)16(7)8-5-3-2-4-6-8/h2-6H,1H3. The number of aromatic nitrogens is 3. The van der Waals surface area contributed by atoms with E-state index in [0.717, 1.165) is 0 Å². The number of alkyl halides is 3. The van der Waals surface area contributed by atoms with Crippen LogP contribution in [0.15, 0.2) is 35.5 Å². The maximum atomic E-state index is 12.4. The number of benzene rings is 1. The average molecular weight is 474 g/mol. The van der Waals surface area contributed by atoms with E-state index in [2.05, 4.69) is 58.0 Å². The van der Waals surface area contributed by atoms with Gasteiger partial charge in [0.15, 0.2) is 0 Å². The molecule has 102 valence electrons. The second kappa shape index (κ2) is 5.27. The molecule has 1 aromatic carbocycles. The fourth-order valence-electron chi connectivity index (χ4n) is 1.49. The Labute approximate surface area is 135 Å². The van der Waals surface area contributed by atoms with Crippen molar-refractivity contribution in [2.45, 2.75) is 13.6 Å². The van der Waals surface area contributed by atoms with Crippen LogP contribution >= 0.6 is 47.8 Å². The Kier molecular flexibility index (Phi) is 4.20. The van der Waals surface area contributed by atoms with Crippen LogP contribution in [0.4, 0.5) is 0 Å². The van der Waals surface area contributed by atoms with Crippen LogP contribution < -0.4 is 0 Å². The number of hydrogen-bond acceptors (Lipinski definition) is 4. The van der Waals surface area contributed by atoms with Gasteiger partial charge in [0.05, 0.1) is 0 Å². The van der Waals surface area contributed by atoms with Crippen molar-refractivity contribution in [1.82, 2.24) is 14.8 Å². The summed E-state index contributed by atoms with van der Waals surface area (Å²) < 4.78 is 24.8. The Morgan fingerprint density at radius 2 is 1.68 bits per heavy atom. The van der Waals surface area contributed by atoms with Gasteiger partial charge in [-0.05, 0) is 66.8 Å². The summed E-state index contributed by atoms with van der Waals surface area (Å²) in [6.45, 7) is 1.69. The largest absolute Gasteiger partial charge is 0.270 e. The highest BCUT2D eigenvalue weighted by Crippen LogP contribution is 2.43. The minimum absolute atomic E-state index is 0.151. The van der Waals surface area contributed by atoms with E-state index in [9.17, 15) is 8.42 Å². The lowest BCUT2D eigenvalue weighted by Crippen LogP contribution is -2.22. The molecule has 0 saturated heterocycles. The molecule has 0 aliphatic heterocycles. The number of hydrogen-bond donors (Lipinski definition) is 0. The molecule has 0 N–H and O–H groups in total. The number of halogens is 3. The highest BCUT2D eigenvalue weighted by molar-refractivity contribution is 9.42. The summed E-state index contributed by atoms with van der Waals surface area (Å²) in [5, 5.41) is 7.46. The van der Waals surface area contributed by atoms with Crippen LogP contribution in [0.5, 0.6) is 0 Å². The van der Waals surface area contributed by atoms with E-state index in [1.807, 2.05) is 18.2 Å². The third-order valence-corrected chi connectivity index (χ3v) is 7.54. The van der Waals surface area contributed by atoms with Gasteiger partial charge in [-0.1, -0.05) is 18.2 Å². The van der Waals surface area contributed by atoms with Crippen LogP contribution in [-0.4, -0.2) is 24.7 Å². The van der Waals surface area contributed by atoms with Crippen molar-refractivity contribution in [3.05, 3.63) is 36.2 Å². The van der Waals surface area contributed by atoms with Gasteiger partial charge in [0.2, 0.25) is 11.3 Å². The molecular weight excluding hydrogens is 466 g/mol. The molecule has 19 heavy (non-hydrogen) atoms. The zero-order valence-electron chi connectivity index (χ0n) is 9.59. The van der Waals surface area contributed by atoms with Gasteiger partial charge in [0.1, 0.15) is 5.82 Å². The summed E-state index contributed by atoms with van der Waals surface area (Å²) in [5.74, 6) is 0.488. The number of rotatable bonds is 2. The lowest BCUT2D eigenvalue weighted by Gasteiger charge is -2.14. The van der Waals surface area contributed by atoms with Gasteiger partial charge in [-0.2, -0.15) is 0 Å². The summed E-state index contributed by atoms with van der Waals surface area (Å²) in [7, 11) is -3.80. The first-order chi connectivity index (χ1) is 8.75. The van der Waals surface area contributed by atoms with Crippen molar-refractivity contribution in [1.29, 1.82) is 0 Å². The van der Waals surface area contributed by atoms with E-state index >= 15 is 0 Å². The Morgan fingerprint density at radius 3 is 2.21 bits per heavy atom. The number of para-hydroxylation sites is 1. The molecule has 0 unspecified atom stereocenters. The number of aryl methyl sites for hydroxylation is 1. The summed E-state index contributed by atoms with van der Waals surface area (Å²) in [5.41, 5.74) is 0.681. The molecule has 0 bridgehead atoms. The van der Waals surface area contributed by atoms with Crippen molar-refractivity contribution in [2.75, 3.05) is 0 Å². The minimum Gasteiger partial charge on any atom is -0.270 e. The average Bonchev–Trinajstić information content (AvgIpc) is 2.71. The molecule has 0 fully saturated rings. The lowest BCUT2D eigenvalue weighted by atomic mass is 10.3. The van der Waals surface area contributed by atoms with Crippen LogP contribution in [0.2, 0.25) is 0 Å². The topological polar surface area (TPSA) is 64.8 Å². The Hall–Kier alpha value is -0.250. The minimum atomic E-state index is -3.80. The third-order valence-electron chi connectivity index (χ3n) is 2.35. The Balaban J connectivity index is 2.70. The lowest BCUT2D eigenvalue weighted by molar-refractivity contribution is 0.585. The van der Waals surface area contributed by atoms with Gasteiger partial charge in [0.25, 0.3) is 5.16 Å². The zero-order valence-corrected chi connectivity index (χ0v) is 15.2. The normalized spacial score (nSPS) is 12.6. The van der Waals surface area contributed by atoms with Crippen molar-refractivity contribution in [3.8, 4) is 5.69 Å². The number of sulfone groups is 1. The SMILES string of the molecule is Cc1nnc(S(=O)(=O)C(Br)(Br)Br)n1-c1ccccc1. The fraction of sp³-hybridized carbons (Fsp3) is 0.200. The van der Waals surface area contributed by atoms with Gasteiger partial charge in [-0.25, -0.2) is 8.42 Å². The second-order valence-electron chi connectivity index (χ2n) is 3.65. The van der Waals surface area contributed by atoms with E-state index in [1.54, 1.807) is 19.1 Å². The molecule has 0 aliphatic carbocycles. The molecule has 0 spiro atoms. The van der Waals surface area contributed by atoms with Crippen molar-refractivity contribution in [2.24, 2.45) is 0 Å². The van der Waals surface area contributed by atoms with Gasteiger partial charge >= 0.3 is 0 Å². The van der Waals surface area contributed by atoms with Gasteiger partial charge < -0.3 is 0 Å². The smallest absolute Gasteiger partial charge is 0.257 e. The highest BCUT2D eigenvalue weighted by atomic mass is 80.0. The third kappa shape index (κ3) is 2.79. The Morgan fingerprint density at radius 1 is 1.11 bits per heavy atom. The summed E-state index contributed by atoms with van der Waals surface area (Å²) in [6, 6.07) is 9.05. The van der Waals surface area contributed by atoms with Crippen LogP contribution in [0.1, 0.15) is 5.82 Å². The predicted molar refractivity (Wildman–Crippen MR) is 82.8 cm³/mol. The molecule has 0 atom stereocenters. The van der Waals surface area contributed by atoms with Crippen molar-refractivity contribution in [3.63, 3.8) is 0 Å². The van der Waals surface area contributed by atoms with Gasteiger partial charge in [0, 0.05) is 5.69 Å². The number of nitrogens with zero attached hydrogens (tertiary/aromatic N) is 3. The quantitative estimate of drug-likeness (QED) is 0.628. The van der Waals surface area contributed by atoms with E-state index in [1.165, 1.54) is 4.57 Å². The van der Waals surface area contributed by atoms with Gasteiger partial charge in [-0.3, -0.25) is 4.57 Å². The molecule has 2 aromatic rings. The molecule has 0 saturated carbocycles. The molecule has 5 nitrogen and oxygen atoms in total. The van der Waals surface area contributed by atoms with E-state index in [4.69, 9.17) is 0 Å². The van der Waals surface area contributed by atoms with E-state index < -0.39 is 11.3 Å². The summed E-state index contributed by atoms with van der Waals surface area (Å²) >= 11 is 9.05. The molecular formula is C10H8Br3N3O2S. The molecule has 9 heteroatoms. The molecule has 1 heterocycles. The molecule has 2 rings (SSSR count). The molecule has 0 aliphatic rings. The second-order valence-corrected chi connectivity index (χ2v) is 14.0. The molecule has 0 amide bonds. The zero-order chi connectivity index (χ0) is 14.3. The highest BCUT2D eigenvalue weighted by Gasteiger charge is 2.41. The van der Waals surface area contributed by atoms with Crippen molar-refractivity contribution >= 4 is 57.6 Å². The van der Waals surface area contributed by atoms with Crippen LogP contribution in [0.25, 0.3) is 5.69 Å². The maximum absolute atomic E-state index is 12.4. The summed E-state index contributed by atoms with van der Waals surface area (Å²) in [4.78, 5) is 0. The maximum Gasteiger partial charge on any atom is 0.257 e. The summed E-state index contributed by atoms with van der Waals surface area (Å²) in [6.07, 6.45) is 0. The first kappa shape index (κ1) is 15.1. The molecule has 1 aromatic heterocycles. The van der Waals surface area contributed by atoms with Crippen LogP contribution in [-0.2, 0) is 9.84 Å². The van der Waals surface area contributed by atoms with Crippen LogP contribution in [0.3, 0.4) is 0 Å². The first-order valence-corrected chi connectivity index (χ1v) is 8.90. The van der Waals surface area contributed by atoms with E-state index in [0.29, 0.717) is 11.5 Å². The van der Waals surface area contributed by atoms with Gasteiger partial charge in [-0.15, -0.1) is 10.2 Å². The monoisotopic (exact) mass is 471 g/mol. The predicted octanol–water partition coefficient (Wildman–Crippen LogP) is 3.15. The van der Waals surface area contributed by atoms with E-state index in [-0.39, 0.29) is 5.16 Å². The molecule has 0 radical (unpaired) electrons.